The van der Waals surface area contributed by atoms with E-state index in [1.165, 1.54) is 0 Å². The van der Waals surface area contributed by atoms with E-state index in [-0.39, 0.29) is 11.8 Å². The van der Waals surface area contributed by atoms with Crippen LogP contribution >= 0.6 is 0 Å². The predicted octanol–water partition coefficient (Wildman–Crippen LogP) is 5.93. The van der Waals surface area contributed by atoms with E-state index < -0.39 is 0 Å². The van der Waals surface area contributed by atoms with Crippen molar-refractivity contribution in [2.75, 3.05) is 24.3 Å². The molecule has 0 bridgehead atoms. The summed E-state index contributed by atoms with van der Waals surface area (Å²) < 4.78 is 2.03. The number of imidazole rings is 1. The first-order valence-electron chi connectivity index (χ1n) is 12.6. The Morgan fingerprint density at radius 1 is 1.00 bits per heavy atom. The van der Waals surface area contributed by atoms with Gasteiger partial charge in [0.05, 0.1) is 11.4 Å². The lowest BCUT2D eigenvalue weighted by atomic mass is 10.1. The summed E-state index contributed by atoms with van der Waals surface area (Å²) in [5.74, 6) is 0.0493. The lowest BCUT2D eigenvalue weighted by molar-refractivity contribution is 0.0951. The third-order valence-corrected chi connectivity index (χ3v) is 6.85. The smallest absolute Gasteiger partial charge is 0.251 e. The Morgan fingerprint density at radius 2 is 1.79 bits per heavy atom. The number of aromatic nitrogens is 3. The number of carbonyl (C=O) groups is 1. The second-order valence-corrected chi connectivity index (χ2v) is 9.64. The summed E-state index contributed by atoms with van der Waals surface area (Å²) in [5, 5.41) is 18.1. The average Bonchev–Trinajstić information content (AvgIpc) is 3.60. The molecule has 0 fully saturated rings. The second-order valence-electron chi connectivity index (χ2n) is 9.64. The zero-order valence-electron chi connectivity index (χ0n) is 21.6. The Hall–Kier alpha value is -5.24. The van der Waals surface area contributed by atoms with Crippen LogP contribution in [0, 0.1) is 0 Å². The quantitative estimate of drug-likeness (QED) is 0.211. The highest BCUT2D eigenvalue weighted by Gasteiger charge is 2.12. The molecule has 6 aromatic rings. The third kappa shape index (κ3) is 4.75. The fraction of sp³-hybridized carbons (Fsp3) is 0.0968. The van der Waals surface area contributed by atoms with E-state index in [1.807, 2.05) is 108 Å². The van der Waals surface area contributed by atoms with Gasteiger partial charge in [-0.25, -0.2) is 4.98 Å². The van der Waals surface area contributed by atoms with Gasteiger partial charge in [-0.15, -0.1) is 0 Å². The molecule has 3 aromatic carbocycles. The van der Waals surface area contributed by atoms with E-state index >= 15 is 0 Å². The fourth-order valence-electron chi connectivity index (χ4n) is 4.68. The lowest BCUT2D eigenvalue weighted by Gasteiger charge is -2.13. The molecule has 0 aliphatic rings. The monoisotopic (exact) mass is 516 g/mol. The van der Waals surface area contributed by atoms with Crippen LogP contribution in [0.1, 0.15) is 15.9 Å². The summed E-state index contributed by atoms with van der Waals surface area (Å²) in [5.41, 5.74) is 7.25. The molecular formula is C31H28N6O2. The van der Waals surface area contributed by atoms with Crippen LogP contribution in [0.15, 0.2) is 97.5 Å². The SMILES string of the molecule is CN(C)c1ccc(CNC(=O)c2ccc(Nc3ccc(-c4ccc5c(O)[nH]cc5c4)n4ccnc34)cc2)cc1. The third-order valence-electron chi connectivity index (χ3n) is 6.85. The Labute approximate surface area is 225 Å². The first kappa shape index (κ1) is 24.1. The van der Waals surface area contributed by atoms with Crippen molar-refractivity contribution in [3.05, 3.63) is 109 Å². The highest BCUT2D eigenvalue weighted by molar-refractivity contribution is 5.95. The zero-order chi connectivity index (χ0) is 26.9. The second kappa shape index (κ2) is 9.90. The van der Waals surface area contributed by atoms with Crippen molar-refractivity contribution < 1.29 is 9.90 Å². The van der Waals surface area contributed by atoms with Crippen LogP contribution in [0.25, 0.3) is 27.7 Å². The summed E-state index contributed by atoms with van der Waals surface area (Å²) in [6.45, 7) is 0.467. The van der Waals surface area contributed by atoms with Crippen molar-refractivity contribution in [2.45, 2.75) is 6.54 Å². The molecule has 0 aliphatic carbocycles. The Balaban J connectivity index is 1.16. The molecule has 8 nitrogen and oxygen atoms in total. The van der Waals surface area contributed by atoms with E-state index in [0.29, 0.717) is 12.1 Å². The van der Waals surface area contributed by atoms with E-state index in [9.17, 15) is 9.90 Å². The zero-order valence-corrected chi connectivity index (χ0v) is 21.6. The van der Waals surface area contributed by atoms with Gasteiger partial charge in [0, 0.05) is 66.9 Å². The molecule has 0 saturated heterocycles. The molecule has 3 heterocycles. The summed E-state index contributed by atoms with van der Waals surface area (Å²) >= 11 is 0. The molecule has 1 amide bonds. The van der Waals surface area contributed by atoms with Crippen LogP contribution in [-0.4, -0.2) is 39.5 Å². The van der Waals surface area contributed by atoms with E-state index in [1.54, 1.807) is 12.4 Å². The Morgan fingerprint density at radius 3 is 2.56 bits per heavy atom. The first-order chi connectivity index (χ1) is 19.0. The van der Waals surface area contributed by atoms with Crippen molar-refractivity contribution in [1.29, 1.82) is 0 Å². The largest absolute Gasteiger partial charge is 0.494 e. The molecule has 0 spiro atoms. The minimum atomic E-state index is -0.119. The number of nitrogens with one attached hydrogen (secondary N) is 3. The van der Waals surface area contributed by atoms with Crippen LogP contribution in [-0.2, 0) is 6.54 Å². The summed E-state index contributed by atoms with van der Waals surface area (Å²) in [7, 11) is 4.00. The van der Waals surface area contributed by atoms with Crippen LogP contribution in [0.3, 0.4) is 0 Å². The summed E-state index contributed by atoms with van der Waals surface area (Å²) in [6.07, 6.45) is 5.49. The van der Waals surface area contributed by atoms with Gasteiger partial charge in [-0.1, -0.05) is 18.2 Å². The molecule has 39 heavy (non-hydrogen) atoms. The van der Waals surface area contributed by atoms with Crippen LogP contribution in [0.4, 0.5) is 17.1 Å². The minimum absolute atomic E-state index is 0.119. The van der Waals surface area contributed by atoms with Crippen molar-refractivity contribution in [3.63, 3.8) is 0 Å². The Kier molecular flexibility index (Phi) is 6.13. The average molecular weight is 517 g/mol. The molecule has 0 saturated carbocycles. The maximum Gasteiger partial charge on any atom is 0.251 e. The molecule has 0 radical (unpaired) electrons. The topological polar surface area (TPSA) is 97.7 Å². The van der Waals surface area contributed by atoms with Gasteiger partial charge in [0.15, 0.2) is 11.5 Å². The van der Waals surface area contributed by atoms with Gasteiger partial charge < -0.3 is 25.6 Å². The number of hydrogen-bond acceptors (Lipinski definition) is 5. The van der Waals surface area contributed by atoms with Gasteiger partial charge in [-0.05, 0) is 71.8 Å². The first-order valence-corrected chi connectivity index (χ1v) is 12.6. The van der Waals surface area contributed by atoms with Crippen molar-refractivity contribution >= 4 is 39.4 Å². The number of nitrogens with zero attached hydrogens (tertiary/aromatic N) is 3. The van der Waals surface area contributed by atoms with Crippen molar-refractivity contribution in [2.24, 2.45) is 0 Å². The lowest BCUT2D eigenvalue weighted by Crippen LogP contribution is -2.22. The minimum Gasteiger partial charge on any atom is -0.494 e. The van der Waals surface area contributed by atoms with Crippen molar-refractivity contribution in [3.8, 4) is 17.1 Å². The molecule has 8 heteroatoms. The number of H-pyrrole nitrogens is 1. The highest BCUT2D eigenvalue weighted by atomic mass is 16.3. The highest BCUT2D eigenvalue weighted by Crippen LogP contribution is 2.31. The molecule has 0 unspecified atom stereocenters. The van der Waals surface area contributed by atoms with Gasteiger partial charge in [-0.2, -0.15) is 0 Å². The van der Waals surface area contributed by atoms with E-state index in [4.69, 9.17) is 0 Å². The number of anilines is 3. The molecular weight excluding hydrogens is 488 g/mol. The number of fused-ring (bicyclic) bond motifs is 2. The number of carbonyl (C=O) groups excluding carboxylic acids is 1. The molecule has 0 atom stereocenters. The summed E-state index contributed by atoms with van der Waals surface area (Å²) in [4.78, 5) is 22.2. The standard InChI is InChI=1S/C31H28N6O2/c1-36(2)25-10-3-20(4-11-25)18-33-30(38)21-5-8-24(9-6-21)35-27-13-14-28(37-16-15-32-29(27)37)22-7-12-26-23(17-22)19-34-31(26)39/h3-17,19,34-35,39H,18H2,1-2H3,(H,33,38). The van der Waals surface area contributed by atoms with Gasteiger partial charge in [0.2, 0.25) is 0 Å². The molecule has 6 rings (SSSR count). The van der Waals surface area contributed by atoms with E-state index in [2.05, 4.69) is 20.6 Å². The van der Waals surface area contributed by atoms with Gasteiger partial charge in [-0.3, -0.25) is 9.20 Å². The normalized spacial score (nSPS) is 11.1. The van der Waals surface area contributed by atoms with Crippen molar-refractivity contribution in [1.82, 2.24) is 19.7 Å². The van der Waals surface area contributed by atoms with Gasteiger partial charge in [0.1, 0.15) is 0 Å². The van der Waals surface area contributed by atoms with Crippen LogP contribution in [0.2, 0.25) is 0 Å². The maximum atomic E-state index is 12.7. The maximum absolute atomic E-state index is 12.7. The number of aromatic hydroxyl groups is 1. The molecule has 0 aliphatic heterocycles. The number of amides is 1. The fourth-order valence-corrected chi connectivity index (χ4v) is 4.68. The van der Waals surface area contributed by atoms with Crippen LogP contribution in [0.5, 0.6) is 5.88 Å². The number of hydrogen-bond donors (Lipinski definition) is 4. The van der Waals surface area contributed by atoms with Gasteiger partial charge >= 0.3 is 0 Å². The number of rotatable bonds is 7. The van der Waals surface area contributed by atoms with E-state index in [0.717, 1.165) is 50.3 Å². The van der Waals surface area contributed by atoms with Crippen LogP contribution < -0.4 is 15.5 Å². The van der Waals surface area contributed by atoms with Gasteiger partial charge in [0.25, 0.3) is 5.91 Å². The number of aromatic amines is 1. The molecule has 3 aromatic heterocycles. The Bertz CT molecular complexity index is 1780. The molecule has 194 valence electrons. The molecule has 4 N–H and O–H groups in total. The number of pyridine rings is 1. The number of benzene rings is 3. The summed E-state index contributed by atoms with van der Waals surface area (Å²) in [6, 6.07) is 25.5. The predicted molar refractivity (Wildman–Crippen MR) is 156 cm³/mol.